The second-order valence-electron chi connectivity index (χ2n) is 7.01. The number of hydrogen-bond acceptors (Lipinski definition) is 2. The van der Waals surface area contributed by atoms with Crippen molar-refractivity contribution < 1.29 is 9.59 Å². The van der Waals surface area contributed by atoms with E-state index in [0.29, 0.717) is 25.8 Å². The summed E-state index contributed by atoms with van der Waals surface area (Å²) < 4.78 is 0. The molecule has 3 aromatic carbocycles. The van der Waals surface area contributed by atoms with E-state index in [1.54, 1.807) is 4.90 Å². The summed E-state index contributed by atoms with van der Waals surface area (Å²) in [5, 5.41) is 2.37. The van der Waals surface area contributed by atoms with E-state index in [2.05, 4.69) is 30.3 Å². The van der Waals surface area contributed by atoms with Crippen molar-refractivity contribution in [2.24, 2.45) is 5.92 Å². The third-order valence-electron chi connectivity index (χ3n) is 4.92. The quantitative estimate of drug-likeness (QED) is 0.550. The van der Waals surface area contributed by atoms with E-state index in [4.69, 9.17) is 0 Å². The molecular weight excluding hydrogens is 334 g/mol. The maximum atomic E-state index is 13.0. The molecule has 1 atom stereocenters. The predicted molar refractivity (Wildman–Crippen MR) is 109 cm³/mol. The van der Waals surface area contributed by atoms with E-state index in [-0.39, 0.29) is 11.8 Å². The first-order valence-electron chi connectivity index (χ1n) is 9.37. The maximum Gasteiger partial charge on any atom is 0.226 e. The molecule has 0 heterocycles. The summed E-state index contributed by atoms with van der Waals surface area (Å²) in [6, 6.07) is 24.5. The van der Waals surface area contributed by atoms with Crippen LogP contribution in [-0.2, 0) is 22.6 Å². The molecule has 1 unspecified atom stereocenters. The van der Waals surface area contributed by atoms with E-state index in [1.807, 2.05) is 49.5 Å². The van der Waals surface area contributed by atoms with E-state index in [9.17, 15) is 9.59 Å². The minimum atomic E-state index is -0.190. The van der Waals surface area contributed by atoms with Crippen molar-refractivity contribution in [3.63, 3.8) is 0 Å². The van der Waals surface area contributed by atoms with Gasteiger partial charge in [-0.1, -0.05) is 72.8 Å². The lowest BCUT2D eigenvalue weighted by atomic mass is 9.92. The monoisotopic (exact) mass is 359 g/mol. The molecule has 0 N–H and O–H groups in total. The third-order valence-corrected chi connectivity index (χ3v) is 4.92. The molecule has 0 saturated carbocycles. The Morgan fingerprint density at radius 3 is 2.37 bits per heavy atom. The number of amides is 1. The van der Waals surface area contributed by atoms with Gasteiger partial charge in [0.25, 0.3) is 0 Å². The van der Waals surface area contributed by atoms with Gasteiger partial charge in [0.2, 0.25) is 5.91 Å². The number of carbonyl (C=O) groups excluding carboxylic acids is 2. The van der Waals surface area contributed by atoms with Crippen molar-refractivity contribution in [1.29, 1.82) is 0 Å². The largest absolute Gasteiger partial charge is 0.341 e. The van der Waals surface area contributed by atoms with E-state index >= 15 is 0 Å². The minimum absolute atomic E-state index is 0.0915. The number of carbonyl (C=O) groups is 2. The summed E-state index contributed by atoms with van der Waals surface area (Å²) in [5.74, 6) is -0.0982. The second kappa shape index (κ2) is 9.13. The Balaban J connectivity index is 1.75. The van der Waals surface area contributed by atoms with Gasteiger partial charge in [0.05, 0.1) is 0 Å². The summed E-state index contributed by atoms with van der Waals surface area (Å²) in [7, 11) is 1.84. The molecule has 0 spiro atoms. The fourth-order valence-electron chi connectivity index (χ4n) is 3.48. The lowest BCUT2D eigenvalue weighted by molar-refractivity contribution is -0.135. The zero-order chi connectivity index (χ0) is 19.1. The fraction of sp³-hybridized carbons (Fsp3) is 0.250. The Kier molecular flexibility index (Phi) is 6.37. The van der Waals surface area contributed by atoms with E-state index in [0.717, 1.165) is 17.4 Å². The Hall–Kier alpha value is -2.94. The van der Waals surface area contributed by atoms with Crippen molar-refractivity contribution in [1.82, 2.24) is 4.90 Å². The first-order chi connectivity index (χ1) is 13.2. The molecule has 0 radical (unpaired) electrons. The Labute approximate surface area is 160 Å². The standard InChI is InChI=1S/C24H25NO2/c1-25(18-19-8-3-2-4-9-19)24(27)23(12-7-15-26)17-20-13-14-21-10-5-6-11-22(21)16-20/h2-6,8-11,13-16,23H,7,12,17-18H2,1H3. The van der Waals surface area contributed by atoms with E-state index in [1.165, 1.54) is 10.8 Å². The van der Waals surface area contributed by atoms with Gasteiger partial charge in [-0.05, 0) is 34.7 Å². The van der Waals surface area contributed by atoms with Gasteiger partial charge < -0.3 is 9.69 Å². The summed E-state index contributed by atoms with van der Waals surface area (Å²) in [6.07, 6.45) is 2.53. The third kappa shape index (κ3) is 5.04. The predicted octanol–water partition coefficient (Wildman–Crippen LogP) is 4.64. The smallest absolute Gasteiger partial charge is 0.226 e. The highest BCUT2D eigenvalue weighted by Crippen LogP contribution is 2.21. The molecule has 0 aliphatic heterocycles. The number of rotatable bonds is 8. The lowest BCUT2D eigenvalue weighted by Crippen LogP contribution is -2.33. The zero-order valence-corrected chi connectivity index (χ0v) is 15.7. The van der Waals surface area contributed by atoms with Gasteiger partial charge in [-0.3, -0.25) is 4.79 Å². The topological polar surface area (TPSA) is 37.4 Å². The van der Waals surface area contributed by atoms with Gasteiger partial charge in [0, 0.05) is 25.9 Å². The average Bonchev–Trinajstić information content (AvgIpc) is 2.71. The highest BCUT2D eigenvalue weighted by atomic mass is 16.2. The number of fused-ring (bicyclic) bond motifs is 1. The molecule has 0 bridgehead atoms. The van der Waals surface area contributed by atoms with Crippen LogP contribution in [0, 0.1) is 5.92 Å². The van der Waals surface area contributed by atoms with Gasteiger partial charge in [-0.25, -0.2) is 0 Å². The van der Waals surface area contributed by atoms with Crippen molar-refractivity contribution >= 4 is 23.0 Å². The minimum Gasteiger partial charge on any atom is -0.341 e. The molecule has 0 aliphatic rings. The van der Waals surface area contributed by atoms with E-state index < -0.39 is 0 Å². The second-order valence-corrected chi connectivity index (χ2v) is 7.01. The number of aldehydes is 1. The van der Waals surface area contributed by atoms with Crippen LogP contribution in [0.5, 0.6) is 0 Å². The maximum absolute atomic E-state index is 13.0. The molecular formula is C24H25NO2. The van der Waals surface area contributed by atoms with Crippen LogP contribution in [0.4, 0.5) is 0 Å². The van der Waals surface area contributed by atoms with Crippen LogP contribution < -0.4 is 0 Å². The molecule has 138 valence electrons. The van der Waals surface area contributed by atoms with Gasteiger partial charge in [-0.15, -0.1) is 0 Å². The van der Waals surface area contributed by atoms with Gasteiger partial charge in [-0.2, -0.15) is 0 Å². The SMILES string of the molecule is CN(Cc1ccccc1)C(=O)C(CCC=O)Cc1ccc2ccccc2c1. The summed E-state index contributed by atoms with van der Waals surface area (Å²) in [5.41, 5.74) is 2.24. The Morgan fingerprint density at radius 1 is 0.926 bits per heavy atom. The Morgan fingerprint density at radius 2 is 1.63 bits per heavy atom. The summed E-state index contributed by atoms with van der Waals surface area (Å²) in [6.45, 7) is 0.578. The van der Waals surface area contributed by atoms with Gasteiger partial charge >= 0.3 is 0 Å². The summed E-state index contributed by atoms with van der Waals surface area (Å²) in [4.78, 5) is 25.7. The molecule has 0 aromatic heterocycles. The molecule has 3 aromatic rings. The van der Waals surface area contributed by atoms with Gasteiger partial charge in [0.1, 0.15) is 6.29 Å². The van der Waals surface area contributed by atoms with Crippen LogP contribution in [-0.4, -0.2) is 24.1 Å². The van der Waals surface area contributed by atoms with Crippen LogP contribution in [0.3, 0.4) is 0 Å². The van der Waals surface area contributed by atoms with Crippen molar-refractivity contribution in [3.8, 4) is 0 Å². The van der Waals surface area contributed by atoms with Crippen molar-refractivity contribution in [3.05, 3.63) is 83.9 Å². The van der Waals surface area contributed by atoms with Crippen LogP contribution in [0.25, 0.3) is 10.8 Å². The molecule has 3 heteroatoms. The van der Waals surface area contributed by atoms with Crippen LogP contribution in [0.1, 0.15) is 24.0 Å². The van der Waals surface area contributed by atoms with Crippen molar-refractivity contribution in [2.45, 2.75) is 25.8 Å². The highest BCUT2D eigenvalue weighted by Gasteiger charge is 2.22. The average molecular weight is 359 g/mol. The van der Waals surface area contributed by atoms with Gasteiger partial charge in [0.15, 0.2) is 0 Å². The van der Waals surface area contributed by atoms with Crippen LogP contribution >= 0.6 is 0 Å². The molecule has 3 nitrogen and oxygen atoms in total. The summed E-state index contributed by atoms with van der Waals surface area (Å²) >= 11 is 0. The Bertz CT molecular complexity index is 904. The lowest BCUT2D eigenvalue weighted by Gasteiger charge is -2.24. The molecule has 1 amide bonds. The number of hydrogen-bond donors (Lipinski definition) is 0. The van der Waals surface area contributed by atoms with Crippen LogP contribution in [0.2, 0.25) is 0 Å². The van der Waals surface area contributed by atoms with Crippen molar-refractivity contribution in [2.75, 3.05) is 7.05 Å². The first kappa shape index (κ1) is 18.8. The molecule has 27 heavy (non-hydrogen) atoms. The normalized spacial score (nSPS) is 11.9. The fourth-order valence-corrected chi connectivity index (χ4v) is 3.48. The number of nitrogens with zero attached hydrogens (tertiary/aromatic N) is 1. The van der Waals surface area contributed by atoms with Crippen LogP contribution in [0.15, 0.2) is 72.8 Å². The first-order valence-corrected chi connectivity index (χ1v) is 9.37. The molecule has 0 fully saturated rings. The highest BCUT2D eigenvalue weighted by molar-refractivity contribution is 5.83. The molecule has 3 rings (SSSR count). The molecule has 0 aliphatic carbocycles. The zero-order valence-electron chi connectivity index (χ0n) is 15.7. The molecule has 0 saturated heterocycles. The number of benzene rings is 3.